The number of hydrogen-bond acceptors (Lipinski definition) is 2. The Balaban J connectivity index is 2.23. The normalized spacial score (nSPS) is 9.83. The monoisotopic (exact) mass is 301 g/mol. The van der Waals surface area contributed by atoms with E-state index in [1.807, 2.05) is 30.3 Å². The van der Waals surface area contributed by atoms with Crippen molar-refractivity contribution in [1.82, 2.24) is 0 Å². The van der Waals surface area contributed by atoms with Crippen LogP contribution in [-0.2, 0) is 5.33 Å². The third-order valence-corrected chi connectivity index (χ3v) is 3.26. The average molecular weight is 302 g/mol. The summed E-state index contributed by atoms with van der Waals surface area (Å²) in [4.78, 5) is 0. The fourth-order valence-corrected chi connectivity index (χ4v) is 2.28. The molecule has 0 aromatic heterocycles. The minimum absolute atomic E-state index is 0.598. The molecule has 0 amide bonds. The van der Waals surface area contributed by atoms with Crippen LogP contribution >= 0.6 is 15.9 Å². The lowest BCUT2D eigenvalue weighted by molar-refractivity contribution is 0.482. The molecule has 0 aliphatic carbocycles. The zero-order chi connectivity index (χ0) is 13.0. The van der Waals surface area contributed by atoms with Crippen LogP contribution in [0, 0.1) is 18.3 Å². The van der Waals surface area contributed by atoms with Crippen molar-refractivity contribution in [3.05, 3.63) is 59.2 Å². The molecule has 3 heteroatoms. The molecular formula is C15H12BrNO. The van der Waals surface area contributed by atoms with Gasteiger partial charge >= 0.3 is 0 Å². The SMILES string of the molecule is Cc1cc(Oc2cccc(C#N)c2)ccc1CBr. The smallest absolute Gasteiger partial charge is 0.128 e. The lowest BCUT2D eigenvalue weighted by Gasteiger charge is -2.08. The second-order valence-electron chi connectivity index (χ2n) is 3.96. The zero-order valence-electron chi connectivity index (χ0n) is 9.98. The highest BCUT2D eigenvalue weighted by atomic mass is 79.9. The minimum Gasteiger partial charge on any atom is -0.457 e. The summed E-state index contributed by atoms with van der Waals surface area (Å²) in [6, 6.07) is 15.2. The van der Waals surface area contributed by atoms with Crippen molar-refractivity contribution in [2.75, 3.05) is 0 Å². The van der Waals surface area contributed by atoms with Crippen LogP contribution in [0.1, 0.15) is 16.7 Å². The van der Waals surface area contributed by atoms with Gasteiger partial charge < -0.3 is 4.74 Å². The molecule has 2 nitrogen and oxygen atoms in total. The Morgan fingerprint density at radius 2 is 1.94 bits per heavy atom. The van der Waals surface area contributed by atoms with Gasteiger partial charge in [0.15, 0.2) is 0 Å². The lowest BCUT2D eigenvalue weighted by atomic mass is 10.1. The fourth-order valence-electron chi connectivity index (χ4n) is 1.65. The van der Waals surface area contributed by atoms with Crippen molar-refractivity contribution >= 4 is 15.9 Å². The van der Waals surface area contributed by atoms with E-state index in [-0.39, 0.29) is 0 Å². The van der Waals surface area contributed by atoms with E-state index in [4.69, 9.17) is 10.00 Å². The number of benzene rings is 2. The van der Waals surface area contributed by atoms with Crippen molar-refractivity contribution in [1.29, 1.82) is 5.26 Å². The van der Waals surface area contributed by atoms with Crippen molar-refractivity contribution in [3.8, 4) is 17.6 Å². The number of nitrogens with zero attached hydrogens (tertiary/aromatic N) is 1. The van der Waals surface area contributed by atoms with Gasteiger partial charge in [0.1, 0.15) is 11.5 Å². The van der Waals surface area contributed by atoms with Gasteiger partial charge in [0.2, 0.25) is 0 Å². The summed E-state index contributed by atoms with van der Waals surface area (Å²) in [6.45, 7) is 2.05. The molecule has 2 aromatic carbocycles. The Morgan fingerprint density at radius 3 is 2.61 bits per heavy atom. The highest BCUT2D eigenvalue weighted by Gasteiger charge is 2.02. The van der Waals surface area contributed by atoms with Gasteiger partial charge in [-0.3, -0.25) is 0 Å². The number of nitriles is 1. The van der Waals surface area contributed by atoms with Crippen LogP contribution in [0.15, 0.2) is 42.5 Å². The van der Waals surface area contributed by atoms with Crippen LogP contribution in [0.2, 0.25) is 0 Å². The van der Waals surface area contributed by atoms with Gasteiger partial charge in [-0.25, -0.2) is 0 Å². The number of alkyl halides is 1. The third-order valence-electron chi connectivity index (χ3n) is 2.66. The summed E-state index contributed by atoms with van der Waals surface area (Å²) in [5.41, 5.74) is 3.02. The van der Waals surface area contributed by atoms with Crippen LogP contribution < -0.4 is 4.74 Å². The van der Waals surface area contributed by atoms with Crippen LogP contribution in [-0.4, -0.2) is 0 Å². The maximum Gasteiger partial charge on any atom is 0.128 e. The average Bonchev–Trinajstić information content (AvgIpc) is 2.39. The Kier molecular flexibility index (Phi) is 4.01. The maximum atomic E-state index is 8.83. The molecule has 18 heavy (non-hydrogen) atoms. The summed E-state index contributed by atoms with van der Waals surface area (Å²) < 4.78 is 5.73. The van der Waals surface area contributed by atoms with E-state index >= 15 is 0 Å². The maximum absolute atomic E-state index is 8.83. The van der Waals surface area contributed by atoms with Crippen molar-refractivity contribution in [2.24, 2.45) is 0 Å². The standard InChI is InChI=1S/C15H12BrNO/c1-11-7-15(6-5-13(11)9-16)18-14-4-2-3-12(8-14)10-17/h2-8H,9H2,1H3. The molecule has 0 N–H and O–H groups in total. The Morgan fingerprint density at radius 1 is 1.17 bits per heavy atom. The van der Waals surface area contributed by atoms with Crippen LogP contribution in [0.4, 0.5) is 0 Å². The molecule has 2 rings (SSSR count). The van der Waals surface area contributed by atoms with Gasteiger partial charge in [-0.15, -0.1) is 0 Å². The second kappa shape index (κ2) is 5.70. The van der Waals surface area contributed by atoms with Gasteiger partial charge in [0.05, 0.1) is 11.6 Å². The van der Waals surface area contributed by atoms with Crippen molar-refractivity contribution < 1.29 is 4.74 Å². The highest BCUT2D eigenvalue weighted by Crippen LogP contribution is 2.25. The Hall–Kier alpha value is -1.79. The molecule has 0 bridgehead atoms. The lowest BCUT2D eigenvalue weighted by Crippen LogP contribution is -1.89. The molecule has 0 aliphatic heterocycles. The van der Waals surface area contributed by atoms with E-state index in [9.17, 15) is 0 Å². The summed E-state index contributed by atoms with van der Waals surface area (Å²) in [6.07, 6.45) is 0. The third kappa shape index (κ3) is 2.91. The number of rotatable bonds is 3. The summed E-state index contributed by atoms with van der Waals surface area (Å²) in [7, 11) is 0. The number of aryl methyl sites for hydroxylation is 1. The summed E-state index contributed by atoms with van der Waals surface area (Å²) in [5, 5.41) is 9.67. The summed E-state index contributed by atoms with van der Waals surface area (Å²) >= 11 is 3.44. The quantitative estimate of drug-likeness (QED) is 0.779. The van der Waals surface area contributed by atoms with Crippen LogP contribution in [0.3, 0.4) is 0 Å². The first-order chi connectivity index (χ1) is 8.72. The second-order valence-corrected chi connectivity index (χ2v) is 4.52. The van der Waals surface area contributed by atoms with Crippen LogP contribution in [0.5, 0.6) is 11.5 Å². The van der Waals surface area contributed by atoms with E-state index in [1.54, 1.807) is 12.1 Å². The van der Waals surface area contributed by atoms with E-state index in [0.717, 1.165) is 11.1 Å². The fraction of sp³-hybridized carbons (Fsp3) is 0.133. The topological polar surface area (TPSA) is 33.0 Å². The van der Waals surface area contributed by atoms with E-state index in [2.05, 4.69) is 28.9 Å². The molecule has 0 fully saturated rings. The van der Waals surface area contributed by atoms with Crippen molar-refractivity contribution in [2.45, 2.75) is 12.3 Å². The highest BCUT2D eigenvalue weighted by molar-refractivity contribution is 9.08. The predicted octanol–water partition coefficient (Wildman–Crippen LogP) is 4.55. The molecule has 0 saturated carbocycles. The van der Waals surface area contributed by atoms with E-state index in [0.29, 0.717) is 11.3 Å². The van der Waals surface area contributed by atoms with E-state index < -0.39 is 0 Å². The predicted molar refractivity (Wildman–Crippen MR) is 75.0 cm³/mol. The first-order valence-corrected chi connectivity index (χ1v) is 6.68. The molecule has 90 valence electrons. The molecule has 2 aromatic rings. The molecule has 0 saturated heterocycles. The minimum atomic E-state index is 0.598. The molecular weight excluding hydrogens is 290 g/mol. The number of halogens is 1. The molecule has 0 aliphatic rings. The largest absolute Gasteiger partial charge is 0.457 e. The molecule has 0 spiro atoms. The first kappa shape index (κ1) is 12.7. The van der Waals surface area contributed by atoms with E-state index in [1.165, 1.54) is 11.1 Å². The van der Waals surface area contributed by atoms with Gasteiger partial charge in [-0.1, -0.05) is 28.1 Å². The van der Waals surface area contributed by atoms with Gasteiger partial charge in [-0.05, 0) is 48.4 Å². The van der Waals surface area contributed by atoms with Gasteiger partial charge in [0.25, 0.3) is 0 Å². The zero-order valence-corrected chi connectivity index (χ0v) is 11.6. The number of hydrogen-bond donors (Lipinski definition) is 0. The number of ether oxygens (including phenoxy) is 1. The Bertz CT molecular complexity index is 602. The van der Waals surface area contributed by atoms with Crippen molar-refractivity contribution in [3.63, 3.8) is 0 Å². The first-order valence-electron chi connectivity index (χ1n) is 5.56. The molecule has 0 atom stereocenters. The summed E-state index contributed by atoms with van der Waals surface area (Å²) in [5.74, 6) is 1.47. The van der Waals surface area contributed by atoms with Gasteiger partial charge in [0, 0.05) is 5.33 Å². The molecule has 0 heterocycles. The molecule has 0 unspecified atom stereocenters. The Labute approximate surface area is 115 Å². The van der Waals surface area contributed by atoms with Gasteiger partial charge in [-0.2, -0.15) is 5.26 Å². The van der Waals surface area contributed by atoms with Crippen LogP contribution in [0.25, 0.3) is 0 Å². The molecule has 0 radical (unpaired) electrons.